The van der Waals surface area contributed by atoms with Gasteiger partial charge in [-0.05, 0) is 13.8 Å². The second-order valence-corrected chi connectivity index (χ2v) is 4.45. The van der Waals surface area contributed by atoms with Crippen molar-refractivity contribution in [2.45, 2.75) is 32.5 Å². The van der Waals surface area contributed by atoms with E-state index in [2.05, 4.69) is 33.7 Å². The maximum atomic E-state index is 4.35. The highest BCUT2D eigenvalue weighted by Crippen LogP contribution is 2.09. The van der Waals surface area contributed by atoms with Crippen molar-refractivity contribution in [2.75, 3.05) is 0 Å². The van der Waals surface area contributed by atoms with Crippen LogP contribution in [0, 0.1) is 0 Å². The molecule has 5 heteroatoms. The van der Waals surface area contributed by atoms with E-state index in [1.165, 1.54) is 0 Å². The Kier molecular flexibility index (Phi) is 3.58. The summed E-state index contributed by atoms with van der Waals surface area (Å²) in [6, 6.07) is 0.615. The minimum absolute atomic E-state index is 0.244. The molecule has 0 aliphatic rings. The molecular weight excluding hydrogens is 214 g/mol. The first-order valence-electron chi connectivity index (χ1n) is 5.86. The van der Waals surface area contributed by atoms with Gasteiger partial charge in [0.15, 0.2) is 0 Å². The molecule has 2 aromatic heterocycles. The van der Waals surface area contributed by atoms with Gasteiger partial charge in [-0.1, -0.05) is 0 Å². The second-order valence-electron chi connectivity index (χ2n) is 4.45. The van der Waals surface area contributed by atoms with Gasteiger partial charge in [0.25, 0.3) is 0 Å². The second kappa shape index (κ2) is 5.14. The zero-order valence-electron chi connectivity index (χ0n) is 10.5. The molecule has 0 aromatic carbocycles. The van der Waals surface area contributed by atoms with Crippen LogP contribution in [-0.2, 0) is 13.6 Å². The van der Waals surface area contributed by atoms with Crippen LogP contribution >= 0.6 is 0 Å². The summed E-state index contributed by atoms with van der Waals surface area (Å²) in [4.78, 5) is 8.38. The van der Waals surface area contributed by atoms with E-state index in [1.807, 2.05) is 36.5 Å². The summed E-state index contributed by atoms with van der Waals surface area (Å²) in [7, 11) is 2.01. The van der Waals surface area contributed by atoms with Crippen molar-refractivity contribution in [1.82, 2.24) is 24.4 Å². The molecule has 0 spiro atoms. The number of imidazole rings is 2. The van der Waals surface area contributed by atoms with Crippen molar-refractivity contribution in [3.63, 3.8) is 0 Å². The third-order valence-corrected chi connectivity index (χ3v) is 2.82. The average Bonchev–Trinajstić information content (AvgIpc) is 2.88. The molecule has 5 nitrogen and oxygen atoms in total. The predicted molar refractivity (Wildman–Crippen MR) is 66.4 cm³/mol. The lowest BCUT2D eigenvalue weighted by Gasteiger charge is -2.20. The van der Waals surface area contributed by atoms with E-state index < -0.39 is 0 Å². The summed E-state index contributed by atoms with van der Waals surface area (Å²) in [6.07, 6.45) is 9.41. The minimum Gasteiger partial charge on any atom is -0.337 e. The fourth-order valence-corrected chi connectivity index (χ4v) is 2.06. The van der Waals surface area contributed by atoms with E-state index in [-0.39, 0.29) is 6.04 Å². The van der Waals surface area contributed by atoms with Crippen molar-refractivity contribution in [3.05, 3.63) is 36.9 Å². The molecule has 2 heterocycles. The molecule has 0 radical (unpaired) electrons. The number of nitrogens with one attached hydrogen (secondary N) is 1. The van der Waals surface area contributed by atoms with Gasteiger partial charge in [-0.2, -0.15) is 0 Å². The summed E-state index contributed by atoms with van der Waals surface area (Å²) >= 11 is 0. The molecule has 2 atom stereocenters. The van der Waals surface area contributed by atoms with Crippen molar-refractivity contribution >= 4 is 0 Å². The Labute approximate surface area is 102 Å². The number of aryl methyl sites for hydroxylation is 1. The quantitative estimate of drug-likeness (QED) is 0.848. The first-order chi connectivity index (χ1) is 8.16. The van der Waals surface area contributed by atoms with Gasteiger partial charge in [-0.15, -0.1) is 0 Å². The molecule has 0 saturated heterocycles. The average molecular weight is 233 g/mol. The summed E-state index contributed by atoms with van der Waals surface area (Å²) < 4.78 is 4.12. The van der Waals surface area contributed by atoms with Crippen molar-refractivity contribution in [2.24, 2.45) is 7.05 Å². The van der Waals surface area contributed by atoms with Crippen LogP contribution in [0.2, 0.25) is 0 Å². The van der Waals surface area contributed by atoms with E-state index in [1.54, 1.807) is 6.20 Å². The molecule has 1 N–H and O–H groups in total. The molecule has 0 fully saturated rings. The third kappa shape index (κ3) is 2.94. The smallest absolute Gasteiger partial charge is 0.125 e. The normalized spacial score (nSPS) is 14.8. The van der Waals surface area contributed by atoms with Gasteiger partial charge in [0.05, 0.1) is 12.4 Å². The molecule has 0 aliphatic heterocycles. The van der Waals surface area contributed by atoms with Crippen molar-refractivity contribution in [1.29, 1.82) is 0 Å². The van der Waals surface area contributed by atoms with Crippen LogP contribution in [-0.4, -0.2) is 25.1 Å². The van der Waals surface area contributed by atoms with E-state index in [9.17, 15) is 0 Å². The molecule has 0 bridgehead atoms. The number of aromatic nitrogens is 4. The van der Waals surface area contributed by atoms with Crippen LogP contribution in [0.15, 0.2) is 31.1 Å². The molecule has 2 rings (SSSR count). The van der Waals surface area contributed by atoms with E-state index in [4.69, 9.17) is 0 Å². The summed E-state index contributed by atoms with van der Waals surface area (Å²) in [5.41, 5.74) is 0. The van der Waals surface area contributed by atoms with Crippen LogP contribution in [0.1, 0.15) is 25.7 Å². The molecule has 0 saturated carbocycles. The van der Waals surface area contributed by atoms with E-state index >= 15 is 0 Å². The Hall–Kier alpha value is -1.62. The van der Waals surface area contributed by atoms with Crippen LogP contribution < -0.4 is 5.32 Å². The van der Waals surface area contributed by atoms with Gasteiger partial charge < -0.3 is 14.5 Å². The number of nitrogens with zero attached hydrogens (tertiary/aromatic N) is 4. The maximum absolute atomic E-state index is 4.35. The topological polar surface area (TPSA) is 47.7 Å². The predicted octanol–water partition coefficient (Wildman–Crippen LogP) is 1.36. The first-order valence-corrected chi connectivity index (χ1v) is 5.86. The van der Waals surface area contributed by atoms with Gasteiger partial charge in [-0.3, -0.25) is 0 Å². The van der Waals surface area contributed by atoms with Gasteiger partial charge in [-0.25, -0.2) is 9.97 Å². The number of rotatable bonds is 5. The fraction of sp³-hybridized carbons (Fsp3) is 0.500. The largest absolute Gasteiger partial charge is 0.337 e. The SMILES string of the molecule is CC(Cn1ccnc1)NC(C)c1nccn1C. The Morgan fingerprint density at radius 3 is 2.71 bits per heavy atom. The van der Waals surface area contributed by atoms with Crippen LogP contribution in [0.25, 0.3) is 0 Å². The standard InChI is InChI=1S/C12H19N5/c1-10(8-17-7-4-13-9-17)15-11(2)12-14-5-6-16(12)3/h4-7,9-11,15H,8H2,1-3H3. The molecule has 2 aromatic rings. The zero-order chi connectivity index (χ0) is 12.3. The monoisotopic (exact) mass is 233 g/mol. The summed E-state index contributed by atoms with van der Waals surface area (Å²) in [5, 5.41) is 3.53. The molecule has 17 heavy (non-hydrogen) atoms. The molecule has 92 valence electrons. The van der Waals surface area contributed by atoms with Gasteiger partial charge in [0.1, 0.15) is 5.82 Å². The van der Waals surface area contributed by atoms with E-state index in [0.717, 1.165) is 12.4 Å². The summed E-state index contributed by atoms with van der Waals surface area (Å²) in [6.45, 7) is 5.21. The number of hydrogen-bond donors (Lipinski definition) is 1. The minimum atomic E-state index is 0.244. The molecular formula is C12H19N5. The first kappa shape index (κ1) is 11.9. The van der Waals surface area contributed by atoms with Crippen LogP contribution in [0.5, 0.6) is 0 Å². The fourth-order valence-electron chi connectivity index (χ4n) is 2.06. The highest BCUT2D eigenvalue weighted by molar-refractivity contribution is 4.97. The lowest BCUT2D eigenvalue weighted by atomic mass is 10.2. The summed E-state index contributed by atoms with van der Waals surface area (Å²) in [5.74, 6) is 1.06. The Balaban J connectivity index is 1.90. The highest BCUT2D eigenvalue weighted by atomic mass is 15.1. The lowest BCUT2D eigenvalue weighted by Crippen LogP contribution is -2.33. The number of hydrogen-bond acceptors (Lipinski definition) is 3. The Bertz CT molecular complexity index is 445. The van der Waals surface area contributed by atoms with Crippen LogP contribution in [0.4, 0.5) is 0 Å². The van der Waals surface area contributed by atoms with Crippen molar-refractivity contribution < 1.29 is 0 Å². The van der Waals surface area contributed by atoms with Gasteiger partial charge >= 0.3 is 0 Å². The van der Waals surface area contributed by atoms with Crippen molar-refractivity contribution in [3.8, 4) is 0 Å². The third-order valence-electron chi connectivity index (χ3n) is 2.82. The highest BCUT2D eigenvalue weighted by Gasteiger charge is 2.13. The molecule has 2 unspecified atom stereocenters. The molecule has 0 aliphatic carbocycles. The maximum Gasteiger partial charge on any atom is 0.125 e. The van der Waals surface area contributed by atoms with Crippen LogP contribution in [0.3, 0.4) is 0 Å². The molecule has 0 amide bonds. The van der Waals surface area contributed by atoms with E-state index in [0.29, 0.717) is 6.04 Å². The Morgan fingerprint density at radius 2 is 2.12 bits per heavy atom. The lowest BCUT2D eigenvalue weighted by molar-refractivity contribution is 0.414. The van der Waals surface area contributed by atoms with Gasteiger partial charge in [0, 0.05) is 44.4 Å². The van der Waals surface area contributed by atoms with Gasteiger partial charge in [0.2, 0.25) is 0 Å². The zero-order valence-corrected chi connectivity index (χ0v) is 10.5. The Morgan fingerprint density at radius 1 is 1.29 bits per heavy atom.